The van der Waals surface area contributed by atoms with Gasteiger partial charge >= 0.3 is 0 Å². The molecule has 0 fully saturated rings. The van der Waals surface area contributed by atoms with E-state index in [2.05, 4.69) is 20.5 Å². The number of thiazole rings is 1. The van der Waals surface area contributed by atoms with Crippen molar-refractivity contribution in [3.05, 3.63) is 23.2 Å². The monoisotopic (exact) mass is 221 g/mol. The number of nitrogens with two attached hydrogens (primary N) is 1. The van der Waals surface area contributed by atoms with Gasteiger partial charge in [-0.05, 0) is 0 Å². The molecule has 0 unspecified atom stereocenters. The number of hydrogen-bond donors (Lipinski definition) is 2. The van der Waals surface area contributed by atoms with Gasteiger partial charge in [-0.15, -0.1) is 5.10 Å². The van der Waals surface area contributed by atoms with E-state index in [-0.39, 0.29) is 5.82 Å². The van der Waals surface area contributed by atoms with Crippen LogP contribution in [0.3, 0.4) is 0 Å². The van der Waals surface area contributed by atoms with Gasteiger partial charge in [0, 0.05) is 11.1 Å². The maximum atomic E-state index is 8.53. The van der Waals surface area contributed by atoms with Crippen molar-refractivity contribution < 1.29 is 0 Å². The van der Waals surface area contributed by atoms with E-state index < -0.39 is 0 Å². The number of nitrogens with zero attached hydrogens (tertiary/aromatic N) is 5. The lowest BCUT2D eigenvalue weighted by Crippen LogP contribution is -2.05. The summed E-state index contributed by atoms with van der Waals surface area (Å²) < 4.78 is 1.58. The molecule has 0 aromatic carbocycles. The Balaban J connectivity index is 2.11. The Morgan fingerprint density at radius 2 is 2.47 bits per heavy atom. The summed E-state index contributed by atoms with van der Waals surface area (Å²) in [5, 5.41) is 13.1. The van der Waals surface area contributed by atoms with Crippen LogP contribution in [0.4, 0.5) is 5.13 Å². The molecule has 0 aliphatic rings. The van der Waals surface area contributed by atoms with Crippen LogP contribution in [-0.2, 0) is 6.54 Å². The van der Waals surface area contributed by atoms with Crippen LogP contribution in [0.25, 0.3) is 0 Å². The molecular weight excluding hydrogens is 214 g/mol. The number of anilines is 1. The first-order valence-corrected chi connectivity index (χ1v) is 4.84. The Kier molecular flexibility index (Phi) is 2.57. The molecule has 2 aromatic heterocycles. The Labute approximate surface area is 89.2 Å². The van der Waals surface area contributed by atoms with Gasteiger partial charge in [0.15, 0.2) is 5.13 Å². The molecule has 76 valence electrons. The number of hydrazine groups is 1. The summed E-state index contributed by atoms with van der Waals surface area (Å²) >= 11 is 1.43. The molecule has 8 heteroatoms. The Hall–Kier alpha value is -1.98. The maximum Gasteiger partial charge on any atom is 0.252 e. The van der Waals surface area contributed by atoms with Gasteiger partial charge in [0.1, 0.15) is 12.4 Å². The van der Waals surface area contributed by atoms with E-state index in [1.807, 2.05) is 6.07 Å². The number of hydrogen-bond acceptors (Lipinski definition) is 7. The second-order valence-electron chi connectivity index (χ2n) is 2.65. The van der Waals surface area contributed by atoms with Crippen LogP contribution in [0, 0.1) is 11.3 Å². The number of nitriles is 1. The van der Waals surface area contributed by atoms with Crippen molar-refractivity contribution >= 4 is 16.5 Å². The van der Waals surface area contributed by atoms with Crippen LogP contribution in [0.5, 0.6) is 0 Å². The molecule has 0 radical (unpaired) electrons. The molecule has 7 nitrogen and oxygen atoms in total. The van der Waals surface area contributed by atoms with Gasteiger partial charge < -0.3 is 0 Å². The van der Waals surface area contributed by atoms with Crippen LogP contribution >= 0.6 is 11.3 Å². The first kappa shape index (κ1) is 9.57. The summed E-state index contributed by atoms with van der Waals surface area (Å²) in [6.45, 7) is 0.536. The van der Waals surface area contributed by atoms with E-state index in [0.29, 0.717) is 11.7 Å². The van der Waals surface area contributed by atoms with E-state index >= 15 is 0 Å². The van der Waals surface area contributed by atoms with Crippen LogP contribution in [-0.4, -0.2) is 19.7 Å². The molecule has 3 N–H and O–H groups in total. The average molecular weight is 221 g/mol. The predicted octanol–water partition coefficient (Wildman–Crippen LogP) is -0.0598. The van der Waals surface area contributed by atoms with Crippen LogP contribution in [0.15, 0.2) is 12.5 Å². The summed E-state index contributed by atoms with van der Waals surface area (Å²) in [6, 6.07) is 1.86. The standard InChI is InChI=1S/C7H7N7S/c8-1-6-11-4-14(13-6)3-5-2-10-7(12-9)15-5/h2,4H,3,9H2,(H,10,12). The lowest BCUT2D eigenvalue weighted by atomic mass is 10.5. The highest BCUT2D eigenvalue weighted by atomic mass is 32.1. The molecule has 0 atom stereocenters. The van der Waals surface area contributed by atoms with Gasteiger partial charge in [0.25, 0.3) is 5.82 Å². The number of rotatable bonds is 3. The molecular formula is C7H7N7S. The Morgan fingerprint density at radius 1 is 1.60 bits per heavy atom. The van der Waals surface area contributed by atoms with Crippen molar-refractivity contribution in [3.63, 3.8) is 0 Å². The highest BCUT2D eigenvalue weighted by molar-refractivity contribution is 7.15. The normalized spacial score (nSPS) is 9.87. The SMILES string of the molecule is N#Cc1ncn(Cc2cnc(NN)s2)n1. The predicted molar refractivity (Wildman–Crippen MR) is 53.8 cm³/mol. The zero-order chi connectivity index (χ0) is 10.7. The van der Waals surface area contributed by atoms with E-state index in [1.165, 1.54) is 17.7 Å². The van der Waals surface area contributed by atoms with Gasteiger partial charge in [0.05, 0.1) is 6.54 Å². The summed E-state index contributed by atoms with van der Waals surface area (Å²) in [5.41, 5.74) is 2.46. The topological polar surface area (TPSA) is 105 Å². The molecule has 0 amide bonds. The molecule has 0 aliphatic carbocycles. The number of nitrogen functional groups attached to an aromatic ring is 1. The van der Waals surface area contributed by atoms with Crippen molar-refractivity contribution in [2.24, 2.45) is 5.84 Å². The van der Waals surface area contributed by atoms with Gasteiger partial charge in [0.2, 0.25) is 0 Å². The first-order valence-electron chi connectivity index (χ1n) is 4.02. The molecule has 0 saturated heterocycles. The van der Waals surface area contributed by atoms with Crippen molar-refractivity contribution in [1.82, 2.24) is 19.7 Å². The fourth-order valence-corrected chi connectivity index (χ4v) is 1.74. The molecule has 0 aliphatic heterocycles. The summed E-state index contributed by atoms with van der Waals surface area (Å²) in [4.78, 5) is 8.79. The van der Waals surface area contributed by atoms with Gasteiger partial charge in [-0.3, -0.25) is 5.43 Å². The van der Waals surface area contributed by atoms with Crippen LogP contribution in [0.2, 0.25) is 0 Å². The van der Waals surface area contributed by atoms with Crippen molar-refractivity contribution in [1.29, 1.82) is 5.26 Å². The van der Waals surface area contributed by atoms with Crippen molar-refractivity contribution in [3.8, 4) is 6.07 Å². The Morgan fingerprint density at radius 3 is 3.07 bits per heavy atom. The number of aromatic nitrogens is 4. The average Bonchev–Trinajstić information content (AvgIpc) is 2.87. The van der Waals surface area contributed by atoms with E-state index in [9.17, 15) is 0 Å². The zero-order valence-corrected chi connectivity index (χ0v) is 8.40. The van der Waals surface area contributed by atoms with Gasteiger partial charge in [-0.2, -0.15) is 5.26 Å². The van der Waals surface area contributed by atoms with E-state index in [1.54, 1.807) is 10.9 Å². The molecule has 0 spiro atoms. The summed E-state index contributed by atoms with van der Waals surface area (Å²) in [6.07, 6.45) is 3.21. The fourth-order valence-electron chi connectivity index (χ4n) is 1.03. The molecule has 0 saturated carbocycles. The molecule has 15 heavy (non-hydrogen) atoms. The maximum absolute atomic E-state index is 8.53. The molecule has 2 aromatic rings. The van der Waals surface area contributed by atoms with Crippen LogP contribution in [0.1, 0.15) is 10.7 Å². The minimum atomic E-state index is 0.164. The molecule has 2 rings (SSSR count). The third-order valence-electron chi connectivity index (χ3n) is 1.63. The minimum Gasteiger partial charge on any atom is -0.300 e. The van der Waals surface area contributed by atoms with Crippen LogP contribution < -0.4 is 11.3 Å². The smallest absolute Gasteiger partial charge is 0.252 e. The lowest BCUT2D eigenvalue weighted by Gasteiger charge is -1.94. The minimum absolute atomic E-state index is 0.164. The third kappa shape index (κ3) is 2.09. The second-order valence-corrected chi connectivity index (χ2v) is 3.77. The highest BCUT2D eigenvalue weighted by Gasteiger charge is 2.03. The van der Waals surface area contributed by atoms with Crippen molar-refractivity contribution in [2.45, 2.75) is 6.54 Å². The van der Waals surface area contributed by atoms with E-state index in [4.69, 9.17) is 11.1 Å². The first-order chi connectivity index (χ1) is 7.31. The fraction of sp³-hybridized carbons (Fsp3) is 0.143. The molecule has 0 bridgehead atoms. The van der Waals surface area contributed by atoms with E-state index in [0.717, 1.165) is 4.88 Å². The Bertz CT molecular complexity index is 493. The van der Waals surface area contributed by atoms with Crippen molar-refractivity contribution in [2.75, 3.05) is 5.43 Å². The highest BCUT2D eigenvalue weighted by Crippen LogP contribution is 2.17. The lowest BCUT2D eigenvalue weighted by molar-refractivity contribution is 0.689. The summed E-state index contributed by atoms with van der Waals surface area (Å²) in [5.74, 6) is 5.37. The second kappa shape index (κ2) is 4.04. The number of nitrogens with one attached hydrogen (secondary N) is 1. The van der Waals surface area contributed by atoms with Gasteiger partial charge in [-0.25, -0.2) is 20.5 Å². The molecule has 2 heterocycles. The zero-order valence-electron chi connectivity index (χ0n) is 7.58. The largest absolute Gasteiger partial charge is 0.300 e. The summed E-state index contributed by atoms with van der Waals surface area (Å²) in [7, 11) is 0. The van der Waals surface area contributed by atoms with Gasteiger partial charge in [-0.1, -0.05) is 11.3 Å². The third-order valence-corrected chi connectivity index (χ3v) is 2.54. The quantitative estimate of drug-likeness (QED) is 0.555.